The molecule has 0 saturated carbocycles. The van der Waals surface area contributed by atoms with Gasteiger partial charge in [-0.05, 0) is 41.6 Å². The van der Waals surface area contributed by atoms with E-state index in [9.17, 15) is 5.26 Å². The summed E-state index contributed by atoms with van der Waals surface area (Å²) in [5.74, 6) is 0. The number of hydrogen-bond donors (Lipinski definition) is 0. The fourth-order valence-corrected chi connectivity index (χ4v) is 3.58. The Labute approximate surface area is 119 Å². The van der Waals surface area contributed by atoms with Crippen LogP contribution in [0, 0.1) is 11.3 Å². The first-order chi connectivity index (χ1) is 8.78. The highest BCUT2D eigenvalue weighted by atomic mass is 79.9. The van der Waals surface area contributed by atoms with E-state index in [1.54, 1.807) is 0 Å². The lowest BCUT2D eigenvalue weighted by Gasteiger charge is -2.29. The van der Waals surface area contributed by atoms with Crippen LogP contribution in [0.15, 0.2) is 34.1 Å². The van der Waals surface area contributed by atoms with Crippen LogP contribution in [-0.4, -0.2) is 6.54 Å². The van der Waals surface area contributed by atoms with E-state index in [2.05, 4.69) is 38.3 Å². The van der Waals surface area contributed by atoms with E-state index in [0.29, 0.717) is 0 Å². The number of nitriles is 1. The molecule has 0 aliphatic carbocycles. The first-order valence-electron chi connectivity index (χ1n) is 5.78. The molecule has 1 aliphatic rings. The fraction of sp³-hybridized carbons (Fsp3) is 0.214. The lowest BCUT2D eigenvalue weighted by atomic mass is 10.1. The second-order valence-corrected chi connectivity index (χ2v) is 6.23. The van der Waals surface area contributed by atoms with Gasteiger partial charge in [0.15, 0.2) is 0 Å². The largest absolute Gasteiger partial charge is 0.366 e. The third-order valence-corrected chi connectivity index (χ3v) is 4.74. The van der Waals surface area contributed by atoms with Crippen LogP contribution in [0.5, 0.6) is 0 Å². The first-order valence-corrected chi connectivity index (χ1v) is 7.45. The number of hydrogen-bond acceptors (Lipinski definition) is 3. The maximum absolute atomic E-state index is 9.23. The number of anilines is 1. The SMILES string of the molecule is N#Cc1cc(Br)ccc1N1CCc2sccc2C1. The van der Waals surface area contributed by atoms with Crippen LogP contribution in [0.25, 0.3) is 0 Å². The Balaban J connectivity index is 1.96. The number of fused-ring (bicyclic) bond motifs is 1. The van der Waals surface area contributed by atoms with Crippen LogP contribution in [0.3, 0.4) is 0 Å². The molecule has 0 amide bonds. The summed E-state index contributed by atoms with van der Waals surface area (Å²) in [7, 11) is 0. The highest BCUT2D eigenvalue weighted by Crippen LogP contribution is 2.30. The van der Waals surface area contributed by atoms with Gasteiger partial charge >= 0.3 is 0 Å². The van der Waals surface area contributed by atoms with Gasteiger partial charge in [-0.2, -0.15) is 5.26 Å². The topological polar surface area (TPSA) is 27.0 Å². The Hall–Kier alpha value is -1.31. The maximum atomic E-state index is 9.23. The standard InChI is InChI=1S/C14H11BrN2S/c15-12-1-2-13(11(7-12)8-16)17-5-3-14-10(9-17)4-6-18-14/h1-2,4,6-7H,3,5,9H2. The maximum Gasteiger partial charge on any atom is 0.101 e. The lowest BCUT2D eigenvalue weighted by Crippen LogP contribution is -2.29. The van der Waals surface area contributed by atoms with Gasteiger partial charge < -0.3 is 4.90 Å². The molecule has 0 spiro atoms. The Morgan fingerprint density at radius 3 is 3.06 bits per heavy atom. The molecule has 0 bridgehead atoms. The molecule has 90 valence electrons. The Morgan fingerprint density at radius 1 is 1.33 bits per heavy atom. The normalized spacial score (nSPS) is 14.1. The molecular formula is C14H11BrN2S. The smallest absolute Gasteiger partial charge is 0.101 e. The van der Waals surface area contributed by atoms with Crippen molar-refractivity contribution in [3.05, 3.63) is 50.1 Å². The van der Waals surface area contributed by atoms with Crippen molar-refractivity contribution < 1.29 is 0 Å². The minimum atomic E-state index is 0.739. The molecule has 0 N–H and O–H groups in total. The molecule has 2 nitrogen and oxygen atoms in total. The van der Waals surface area contributed by atoms with Crippen molar-refractivity contribution in [2.24, 2.45) is 0 Å². The molecule has 0 fully saturated rings. The van der Waals surface area contributed by atoms with Crippen LogP contribution >= 0.6 is 27.3 Å². The highest BCUT2D eigenvalue weighted by molar-refractivity contribution is 9.10. The van der Waals surface area contributed by atoms with Gasteiger partial charge in [0.05, 0.1) is 11.3 Å². The van der Waals surface area contributed by atoms with E-state index in [1.165, 1.54) is 10.4 Å². The highest BCUT2D eigenvalue weighted by Gasteiger charge is 2.19. The molecule has 18 heavy (non-hydrogen) atoms. The number of benzene rings is 1. The van der Waals surface area contributed by atoms with Gasteiger partial charge in [0.2, 0.25) is 0 Å². The van der Waals surface area contributed by atoms with Crippen molar-refractivity contribution in [2.75, 3.05) is 11.4 Å². The van der Waals surface area contributed by atoms with Crippen molar-refractivity contribution in [3.8, 4) is 6.07 Å². The Morgan fingerprint density at radius 2 is 2.22 bits per heavy atom. The van der Waals surface area contributed by atoms with E-state index in [-0.39, 0.29) is 0 Å². The summed E-state index contributed by atoms with van der Waals surface area (Å²) in [6.45, 7) is 1.90. The number of rotatable bonds is 1. The van der Waals surface area contributed by atoms with Gasteiger partial charge in [-0.15, -0.1) is 11.3 Å². The third kappa shape index (κ3) is 2.05. The summed E-state index contributed by atoms with van der Waals surface area (Å²) in [6.07, 6.45) is 1.08. The van der Waals surface area contributed by atoms with Crippen LogP contribution in [0.4, 0.5) is 5.69 Å². The minimum Gasteiger partial charge on any atom is -0.366 e. The molecule has 0 unspecified atom stereocenters. The van der Waals surface area contributed by atoms with Crippen molar-refractivity contribution >= 4 is 33.0 Å². The Bertz CT molecular complexity index is 627. The molecule has 1 aromatic carbocycles. The summed E-state index contributed by atoms with van der Waals surface area (Å²) in [5, 5.41) is 11.4. The average Bonchev–Trinajstić information content (AvgIpc) is 2.85. The molecule has 1 aromatic heterocycles. The van der Waals surface area contributed by atoms with E-state index in [0.717, 1.165) is 35.2 Å². The van der Waals surface area contributed by atoms with Crippen molar-refractivity contribution in [2.45, 2.75) is 13.0 Å². The average molecular weight is 319 g/mol. The molecular weight excluding hydrogens is 308 g/mol. The second-order valence-electron chi connectivity index (χ2n) is 4.31. The quantitative estimate of drug-likeness (QED) is 0.796. The molecule has 4 heteroatoms. The summed E-state index contributed by atoms with van der Waals surface area (Å²) >= 11 is 5.25. The summed E-state index contributed by atoms with van der Waals surface area (Å²) in [6, 6.07) is 10.4. The molecule has 0 radical (unpaired) electrons. The van der Waals surface area contributed by atoms with E-state index in [1.807, 2.05) is 29.5 Å². The Kier molecular flexibility index (Phi) is 3.11. The summed E-state index contributed by atoms with van der Waals surface area (Å²) in [4.78, 5) is 3.78. The molecule has 2 aromatic rings. The van der Waals surface area contributed by atoms with Gasteiger partial charge in [-0.25, -0.2) is 0 Å². The van der Waals surface area contributed by atoms with Crippen LogP contribution < -0.4 is 4.90 Å². The number of nitrogens with zero attached hydrogens (tertiary/aromatic N) is 2. The van der Waals surface area contributed by atoms with Gasteiger partial charge in [-0.1, -0.05) is 15.9 Å². The fourth-order valence-electron chi connectivity index (χ4n) is 2.33. The van der Waals surface area contributed by atoms with E-state index >= 15 is 0 Å². The van der Waals surface area contributed by atoms with Gasteiger partial charge in [0.1, 0.15) is 6.07 Å². The van der Waals surface area contributed by atoms with Crippen molar-refractivity contribution in [1.82, 2.24) is 0 Å². The van der Waals surface area contributed by atoms with Crippen LogP contribution in [0.2, 0.25) is 0 Å². The zero-order valence-corrected chi connectivity index (χ0v) is 12.1. The number of thiophene rings is 1. The van der Waals surface area contributed by atoms with Gasteiger partial charge in [0.25, 0.3) is 0 Å². The third-order valence-electron chi connectivity index (χ3n) is 3.23. The predicted octanol–water partition coefficient (Wildman–Crippen LogP) is 3.94. The van der Waals surface area contributed by atoms with Crippen LogP contribution in [-0.2, 0) is 13.0 Å². The molecule has 3 rings (SSSR count). The first kappa shape index (κ1) is 11.8. The molecule has 1 aliphatic heterocycles. The van der Waals surface area contributed by atoms with Gasteiger partial charge in [-0.3, -0.25) is 0 Å². The van der Waals surface area contributed by atoms with Crippen LogP contribution in [0.1, 0.15) is 16.0 Å². The van der Waals surface area contributed by atoms with Crippen molar-refractivity contribution in [3.63, 3.8) is 0 Å². The zero-order chi connectivity index (χ0) is 12.5. The summed E-state index contributed by atoms with van der Waals surface area (Å²) in [5.41, 5.74) is 3.18. The monoisotopic (exact) mass is 318 g/mol. The second kappa shape index (κ2) is 4.75. The minimum absolute atomic E-state index is 0.739. The zero-order valence-electron chi connectivity index (χ0n) is 9.69. The van der Waals surface area contributed by atoms with E-state index < -0.39 is 0 Å². The number of halogens is 1. The lowest BCUT2D eigenvalue weighted by molar-refractivity contribution is 0.743. The molecule has 0 atom stereocenters. The molecule has 2 heterocycles. The van der Waals surface area contributed by atoms with E-state index in [4.69, 9.17) is 0 Å². The predicted molar refractivity (Wildman–Crippen MR) is 77.9 cm³/mol. The molecule has 0 saturated heterocycles. The summed E-state index contributed by atoms with van der Waals surface area (Å²) < 4.78 is 0.955. The van der Waals surface area contributed by atoms with Gasteiger partial charge in [0, 0.05) is 22.4 Å². The van der Waals surface area contributed by atoms with Crippen molar-refractivity contribution in [1.29, 1.82) is 5.26 Å².